The third kappa shape index (κ3) is 5.13. The number of anilines is 1. The molecule has 5 rings (SSSR count). The van der Waals surface area contributed by atoms with Crippen molar-refractivity contribution in [2.24, 2.45) is 0 Å². The van der Waals surface area contributed by atoms with E-state index in [1.165, 1.54) is 0 Å². The number of carbonyl (C=O) groups excluding carboxylic acids is 1. The second-order valence-corrected chi connectivity index (χ2v) is 10.3. The van der Waals surface area contributed by atoms with Crippen LogP contribution < -0.4 is 9.64 Å². The number of likely N-dealkylation sites (tertiary alicyclic amines) is 1. The summed E-state index contributed by atoms with van der Waals surface area (Å²) in [7, 11) is 0. The highest BCUT2D eigenvalue weighted by molar-refractivity contribution is 7.18. The zero-order valence-electron chi connectivity index (χ0n) is 20.7. The number of carbonyl (C=O) groups is 1. The Labute approximate surface area is 216 Å². The van der Waals surface area contributed by atoms with Crippen LogP contribution in [0, 0.1) is 0 Å². The average molecular weight is 536 g/mol. The zero-order chi connectivity index (χ0) is 26.2. The lowest BCUT2D eigenvalue weighted by atomic mass is 10.2. The minimum Gasteiger partial charge on any atom is -0.430 e. The summed E-state index contributed by atoms with van der Waals surface area (Å²) < 4.78 is 46.9. The molecule has 1 amide bonds. The van der Waals surface area contributed by atoms with Crippen molar-refractivity contribution in [1.82, 2.24) is 29.6 Å². The molecule has 37 heavy (non-hydrogen) atoms. The largest absolute Gasteiger partial charge is 0.451 e. The summed E-state index contributed by atoms with van der Waals surface area (Å²) in [6.07, 6.45) is 1.71. The van der Waals surface area contributed by atoms with Crippen molar-refractivity contribution < 1.29 is 22.7 Å². The predicted octanol–water partition coefficient (Wildman–Crippen LogP) is 4.92. The highest BCUT2D eigenvalue weighted by Crippen LogP contribution is 2.36. The quantitative estimate of drug-likeness (QED) is 0.397. The van der Waals surface area contributed by atoms with Crippen molar-refractivity contribution in [2.45, 2.75) is 71.6 Å². The number of fused-ring (bicyclic) bond motifs is 2. The van der Waals surface area contributed by atoms with Crippen LogP contribution >= 0.6 is 11.3 Å². The summed E-state index contributed by atoms with van der Waals surface area (Å²) in [6, 6.07) is 2.18. The lowest BCUT2D eigenvalue weighted by Crippen LogP contribution is -2.36. The first-order chi connectivity index (χ1) is 17.8. The Balaban J connectivity index is 1.46. The van der Waals surface area contributed by atoms with E-state index >= 15 is 0 Å². The van der Waals surface area contributed by atoms with Gasteiger partial charge < -0.3 is 19.1 Å². The standard InChI is InChI=1S/C24H28F3N7O2S/c1-3-6-16-12-17-20(32-10-11-34-18(13-32)30-31-22(34)24(25,26)27)28-23(29-21(17)37-16)36-14-15-8-5-9-33(15)19(35)7-4-2/h12,14H,3-11,13H2,1-2H3/b15-14-. The molecule has 0 aromatic carbocycles. The predicted molar refractivity (Wildman–Crippen MR) is 132 cm³/mol. The maximum Gasteiger partial charge on any atom is 0.451 e. The number of alkyl halides is 3. The number of nitrogens with zero attached hydrogens (tertiary/aromatic N) is 7. The summed E-state index contributed by atoms with van der Waals surface area (Å²) in [5, 5.41) is 8.01. The maximum absolute atomic E-state index is 13.3. The van der Waals surface area contributed by atoms with Gasteiger partial charge in [0.2, 0.25) is 11.7 Å². The fourth-order valence-electron chi connectivity index (χ4n) is 4.72. The van der Waals surface area contributed by atoms with Gasteiger partial charge in [0.15, 0.2) is 5.82 Å². The van der Waals surface area contributed by atoms with Gasteiger partial charge in [-0.25, -0.2) is 0 Å². The van der Waals surface area contributed by atoms with Crippen LogP contribution in [0.25, 0.3) is 10.2 Å². The van der Waals surface area contributed by atoms with Gasteiger partial charge in [-0.2, -0.15) is 23.1 Å². The smallest absolute Gasteiger partial charge is 0.430 e. The van der Waals surface area contributed by atoms with Gasteiger partial charge >= 0.3 is 12.2 Å². The molecule has 0 unspecified atom stereocenters. The Morgan fingerprint density at radius 2 is 2.00 bits per heavy atom. The Bertz CT molecular complexity index is 1330. The normalized spacial score (nSPS) is 17.2. The average Bonchev–Trinajstić information content (AvgIpc) is 3.59. The molecule has 5 heterocycles. The third-order valence-electron chi connectivity index (χ3n) is 6.43. The molecule has 1 fully saturated rings. The first-order valence-corrected chi connectivity index (χ1v) is 13.3. The number of aromatic nitrogens is 5. The van der Waals surface area contributed by atoms with E-state index in [1.54, 1.807) is 22.5 Å². The van der Waals surface area contributed by atoms with Crippen molar-refractivity contribution in [2.75, 3.05) is 18.0 Å². The number of allylic oxidation sites excluding steroid dienone is 1. The molecule has 0 bridgehead atoms. The molecule has 0 spiro atoms. The van der Waals surface area contributed by atoms with Gasteiger partial charge in [-0.1, -0.05) is 20.3 Å². The van der Waals surface area contributed by atoms with Crippen molar-refractivity contribution in [1.29, 1.82) is 0 Å². The highest BCUT2D eigenvalue weighted by atomic mass is 32.1. The lowest BCUT2D eigenvalue weighted by molar-refractivity contribution is -0.147. The lowest BCUT2D eigenvalue weighted by Gasteiger charge is -2.29. The van der Waals surface area contributed by atoms with Gasteiger partial charge in [0.1, 0.15) is 16.9 Å². The van der Waals surface area contributed by atoms with E-state index in [-0.39, 0.29) is 30.8 Å². The molecule has 0 radical (unpaired) electrons. The van der Waals surface area contributed by atoms with Crippen LogP contribution in [0.2, 0.25) is 0 Å². The number of hydrogen-bond donors (Lipinski definition) is 0. The van der Waals surface area contributed by atoms with Gasteiger partial charge in [-0.3, -0.25) is 4.79 Å². The monoisotopic (exact) mass is 535 g/mol. The Hall–Kier alpha value is -3.22. The fourth-order valence-corrected chi connectivity index (χ4v) is 5.84. The van der Waals surface area contributed by atoms with Crippen molar-refractivity contribution in [3.8, 4) is 6.01 Å². The number of halogens is 3. The van der Waals surface area contributed by atoms with Crippen LogP contribution in [0.3, 0.4) is 0 Å². The van der Waals surface area contributed by atoms with Gasteiger partial charge in [-0.05, 0) is 31.7 Å². The molecule has 0 atom stereocenters. The molecule has 198 valence electrons. The van der Waals surface area contributed by atoms with Gasteiger partial charge in [0.25, 0.3) is 0 Å². The summed E-state index contributed by atoms with van der Waals surface area (Å²) in [5.74, 6) is -0.0877. The molecule has 0 N–H and O–H groups in total. The summed E-state index contributed by atoms with van der Waals surface area (Å²) in [5.41, 5.74) is 0.798. The Kier molecular flexibility index (Phi) is 7.06. The first-order valence-electron chi connectivity index (χ1n) is 12.5. The van der Waals surface area contributed by atoms with E-state index in [0.29, 0.717) is 25.3 Å². The number of amides is 1. The fraction of sp³-hybridized carbons (Fsp3) is 0.542. The van der Waals surface area contributed by atoms with Crippen LogP contribution in [0.1, 0.15) is 62.5 Å². The van der Waals surface area contributed by atoms with E-state index in [9.17, 15) is 18.0 Å². The summed E-state index contributed by atoms with van der Waals surface area (Å²) >= 11 is 1.55. The summed E-state index contributed by atoms with van der Waals surface area (Å²) in [4.78, 5) is 27.3. The second-order valence-electron chi connectivity index (χ2n) is 9.15. The van der Waals surface area contributed by atoms with E-state index in [0.717, 1.165) is 57.5 Å². The minimum atomic E-state index is -4.56. The molecule has 2 aliphatic heterocycles. The van der Waals surface area contributed by atoms with E-state index in [1.807, 2.05) is 17.9 Å². The molecule has 3 aromatic heterocycles. The van der Waals surface area contributed by atoms with E-state index in [4.69, 9.17) is 4.74 Å². The topological polar surface area (TPSA) is 89.3 Å². The number of ether oxygens (including phenoxy) is 1. The van der Waals surface area contributed by atoms with Crippen molar-refractivity contribution in [3.05, 3.63) is 34.6 Å². The van der Waals surface area contributed by atoms with Crippen LogP contribution in [-0.2, 0) is 30.5 Å². The molecular weight excluding hydrogens is 507 g/mol. The number of rotatable bonds is 7. The maximum atomic E-state index is 13.3. The van der Waals surface area contributed by atoms with Crippen LogP contribution in [0.5, 0.6) is 6.01 Å². The third-order valence-corrected chi connectivity index (χ3v) is 7.52. The molecule has 13 heteroatoms. The number of aryl methyl sites for hydroxylation is 1. The SMILES string of the molecule is CCCC(=O)N1CCC/C1=C/Oc1nc(N2CCn3c(nnc3C(F)(F)F)C2)c2cc(CCC)sc2n1. The number of thiophene rings is 1. The van der Waals surface area contributed by atoms with Crippen LogP contribution in [0.15, 0.2) is 18.0 Å². The highest BCUT2D eigenvalue weighted by Gasteiger charge is 2.39. The second kappa shape index (κ2) is 10.3. The molecule has 0 aliphatic carbocycles. The Morgan fingerprint density at radius 1 is 1.16 bits per heavy atom. The van der Waals surface area contributed by atoms with Gasteiger partial charge in [-0.15, -0.1) is 21.5 Å². The van der Waals surface area contributed by atoms with Gasteiger partial charge in [0.05, 0.1) is 17.6 Å². The summed E-state index contributed by atoms with van der Waals surface area (Å²) in [6.45, 7) is 5.26. The van der Waals surface area contributed by atoms with Gasteiger partial charge in [0, 0.05) is 30.9 Å². The van der Waals surface area contributed by atoms with Crippen molar-refractivity contribution >= 4 is 33.3 Å². The van der Waals surface area contributed by atoms with E-state index < -0.39 is 12.0 Å². The minimum absolute atomic E-state index is 0.0741. The molecule has 0 saturated carbocycles. The van der Waals surface area contributed by atoms with Crippen LogP contribution in [-0.4, -0.2) is 48.6 Å². The zero-order valence-corrected chi connectivity index (χ0v) is 21.5. The molecule has 3 aromatic rings. The molecule has 9 nitrogen and oxygen atoms in total. The van der Waals surface area contributed by atoms with Crippen molar-refractivity contribution in [3.63, 3.8) is 0 Å². The molecular formula is C24H28F3N7O2S. The number of hydrogen-bond acceptors (Lipinski definition) is 8. The molecule has 1 saturated heterocycles. The Morgan fingerprint density at radius 3 is 2.76 bits per heavy atom. The first kappa shape index (κ1) is 25.4. The van der Waals surface area contributed by atoms with Crippen LogP contribution in [0.4, 0.5) is 19.0 Å². The molecule has 2 aliphatic rings. The van der Waals surface area contributed by atoms with E-state index in [2.05, 4.69) is 27.1 Å².